The third kappa shape index (κ3) is 3.89. The molecule has 1 aliphatic heterocycles. The van der Waals surface area contributed by atoms with Crippen molar-refractivity contribution in [2.24, 2.45) is 5.92 Å². The SMILES string of the molecule is CS(=O)(=O)c1ccc(NC(=O)[C@@H]2CC(=O)N(c3ccccc3Cl)C2)cc1. The molecule has 0 spiro atoms. The molecular weight excluding hydrogens is 376 g/mol. The van der Waals surface area contributed by atoms with Gasteiger partial charge in [0.15, 0.2) is 9.84 Å². The second-order valence-corrected chi connectivity index (χ2v) is 8.57. The number of hydrogen-bond donors (Lipinski definition) is 1. The molecule has 1 atom stereocenters. The van der Waals surface area contributed by atoms with E-state index < -0.39 is 15.8 Å². The van der Waals surface area contributed by atoms with E-state index in [4.69, 9.17) is 11.6 Å². The summed E-state index contributed by atoms with van der Waals surface area (Å²) in [5.41, 5.74) is 1.07. The summed E-state index contributed by atoms with van der Waals surface area (Å²) < 4.78 is 22.9. The first-order chi connectivity index (χ1) is 12.3. The van der Waals surface area contributed by atoms with Gasteiger partial charge in [0.1, 0.15) is 0 Å². The van der Waals surface area contributed by atoms with E-state index in [1.807, 2.05) is 0 Å². The normalized spacial score (nSPS) is 17.4. The maximum atomic E-state index is 12.5. The van der Waals surface area contributed by atoms with Crippen molar-refractivity contribution >= 4 is 44.6 Å². The maximum absolute atomic E-state index is 12.5. The molecule has 3 rings (SSSR count). The highest BCUT2D eigenvalue weighted by atomic mass is 35.5. The fourth-order valence-electron chi connectivity index (χ4n) is 2.82. The summed E-state index contributed by atoms with van der Waals surface area (Å²) >= 11 is 6.13. The second kappa shape index (κ2) is 7.09. The Bertz CT molecular complexity index is 957. The largest absolute Gasteiger partial charge is 0.326 e. The van der Waals surface area contributed by atoms with Crippen LogP contribution in [0.4, 0.5) is 11.4 Å². The molecular formula is C18H17ClN2O4S. The fourth-order valence-corrected chi connectivity index (χ4v) is 3.68. The van der Waals surface area contributed by atoms with Crippen LogP contribution in [0.3, 0.4) is 0 Å². The minimum Gasteiger partial charge on any atom is -0.326 e. The van der Waals surface area contributed by atoms with Crippen molar-refractivity contribution in [1.82, 2.24) is 0 Å². The molecule has 1 N–H and O–H groups in total. The van der Waals surface area contributed by atoms with Crippen LogP contribution < -0.4 is 10.2 Å². The van der Waals surface area contributed by atoms with Crippen LogP contribution in [0, 0.1) is 5.92 Å². The van der Waals surface area contributed by atoms with Gasteiger partial charge in [-0.1, -0.05) is 23.7 Å². The molecule has 6 nitrogen and oxygen atoms in total. The van der Waals surface area contributed by atoms with Gasteiger partial charge in [-0.3, -0.25) is 9.59 Å². The van der Waals surface area contributed by atoms with E-state index in [1.54, 1.807) is 24.3 Å². The number of carbonyl (C=O) groups excluding carboxylic acids is 2. The molecule has 0 radical (unpaired) electrons. The number of hydrogen-bond acceptors (Lipinski definition) is 4. The molecule has 0 bridgehead atoms. The molecule has 1 aliphatic rings. The zero-order valence-corrected chi connectivity index (χ0v) is 15.5. The summed E-state index contributed by atoms with van der Waals surface area (Å²) in [6.07, 6.45) is 1.21. The van der Waals surface area contributed by atoms with Crippen LogP contribution >= 0.6 is 11.6 Å². The molecule has 2 aromatic rings. The molecule has 136 valence electrons. The number of para-hydroxylation sites is 1. The summed E-state index contributed by atoms with van der Waals surface area (Å²) in [5, 5.41) is 3.18. The van der Waals surface area contributed by atoms with Crippen LogP contribution in [0.5, 0.6) is 0 Å². The van der Waals surface area contributed by atoms with E-state index >= 15 is 0 Å². The highest BCUT2D eigenvalue weighted by Crippen LogP contribution is 2.31. The minimum atomic E-state index is -3.29. The molecule has 1 saturated heterocycles. The third-order valence-electron chi connectivity index (χ3n) is 4.19. The molecule has 8 heteroatoms. The number of nitrogens with zero attached hydrogens (tertiary/aromatic N) is 1. The Balaban J connectivity index is 1.70. The molecule has 2 aromatic carbocycles. The molecule has 0 aliphatic carbocycles. The molecule has 1 heterocycles. The number of rotatable bonds is 4. The van der Waals surface area contributed by atoms with Gasteiger partial charge in [0.2, 0.25) is 11.8 Å². The monoisotopic (exact) mass is 392 g/mol. The Morgan fingerprint density at radius 1 is 1.15 bits per heavy atom. The smallest absolute Gasteiger partial charge is 0.229 e. The van der Waals surface area contributed by atoms with Crippen LogP contribution in [-0.2, 0) is 19.4 Å². The van der Waals surface area contributed by atoms with Crippen molar-refractivity contribution in [2.45, 2.75) is 11.3 Å². The van der Waals surface area contributed by atoms with Gasteiger partial charge in [-0.05, 0) is 36.4 Å². The quantitative estimate of drug-likeness (QED) is 0.867. The van der Waals surface area contributed by atoms with E-state index in [9.17, 15) is 18.0 Å². The van der Waals surface area contributed by atoms with Crippen LogP contribution in [0.15, 0.2) is 53.4 Å². The number of nitrogens with one attached hydrogen (secondary N) is 1. The van der Waals surface area contributed by atoms with Gasteiger partial charge in [-0.15, -0.1) is 0 Å². The number of halogens is 1. The highest BCUT2D eigenvalue weighted by molar-refractivity contribution is 7.90. The molecule has 0 unspecified atom stereocenters. The molecule has 1 fully saturated rings. The van der Waals surface area contributed by atoms with Crippen molar-refractivity contribution in [3.8, 4) is 0 Å². The average molecular weight is 393 g/mol. The Morgan fingerprint density at radius 2 is 1.81 bits per heavy atom. The lowest BCUT2D eigenvalue weighted by molar-refractivity contribution is -0.122. The fraction of sp³-hybridized carbons (Fsp3) is 0.222. The van der Waals surface area contributed by atoms with E-state index in [0.717, 1.165) is 6.26 Å². The van der Waals surface area contributed by atoms with Gasteiger partial charge in [0, 0.05) is 24.9 Å². The van der Waals surface area contributed by atoms with Gasteiger partial charge in [0.05, 0.1) is 21.5 Å². The Kier molecular flexibility index (Phi) is 5.02. The van der Waals surface area contributed by atoms with Crippen LogP contribution in [0.1, 0.15) is 6.42 Å². The number of benzene rings is 2. The first-order valence-corrected chi connectivity index (χ1v) is 10.2. The van der Waals surface area contributed by atoms with E-state index in [1.165, 1.54) is 29.2 Å². The zero-order chi connectivity index (χ0) is 18.9. The van der Waals surface area contributed by atoms with E-state index in [2.05, 4.69) is 5.32 Å². The first kappa shape index (κ1) is 18.4. The summed E-state index contributed by atoms with van der Waals surface area (Å²) in [6.45, 7) is 0.246. The minimum absolute atomic E-state index is 0.0957. The summed E-state index contributed by atoms with van der Waals surface area (Å²) in [5.74, 6) is -0.959. The second-order valence-electron chi connectivity index (χ2n) is 6.14. The van der Waals surface area contributed by atoms with Crippen molar-refractivity contribution < 1.29 is 18.0 Å². The number of sulfone groups is 1. The average Bonchev–Trinajstić information content (AvgIpc) is 2.97. The van der Waals surface area contributed by atoms with Gasteiger partial charge < -0.3 is 10.2 Å². The molecule has 0 saturated carbocycles. The number of anilines is 2. The topological polar surface area (TPSA) is 83.5 Å². The zero-order valence-electron chi connectivity index (χ0n) is 14.0. The summed E-state index contributed by atoms with van der Waals surface area (Å²) in [6, 6.07) is 12.9. The maximum Gasteiger partial charge on any atom is 0.229 e. The summed E-state index contributed by atoms with van der Waals surface area (Å²) in [7, 11) is -3.29. The Labute approximate surface area is 156 Å². The van der Waals surface area contributed by atoms with Gasteiger partial charge >= 0.3 is 0 Å². The predicted molar refractivity (Wildman–Crippen MR) is 100 cm³/mol. The predicted octanol–water partition coefficient (Wildman–Crippen LogP) is 2.74. The number of carbonyl (C=O) groups is 2. The summed E-state index contributed by atoms with van der Waals surface area (Å²) in [4.78, 5) is 26.4. The van der Waals surface area contributed by atoms with E-state index in [-0.39, 0.29) is 29.7 Å². The van der Waals surface area contributed by atoms with Crippen molar-refractivity contribution in [1.29, 1.82) is 0 Å². The molecule has 2 amide bonds. The Hall–Kier alpha value is -2.38. The van der Waals surface area contributed by atoms with Crippen molar-refractivity contribution in [3.63, 3.8) is 0 Å². The van der Waals surface area contributed by atoms with Crippen LogP contribution in [0.25, 0.3) is 0 Å². The van der Waals surface area contributed by atoms with Crippen LogP contribution in [0.2, 0.25) is 5.02 Å². The molecule has 0 aromatic heterocycles. The van der Waals surface area contributed by atoms with Gasteiger partial charge in [0.25, 0.3) is 0 Å². The van der Waals surface area contributed by atoms with Gasteiger partial charge in [-0.2, -0.15) is 0 Å². The highest BCUT2D eigenvalue weighted by Gasteiger charge is 2.35. The van der Waals surface area contributed by atoms with Crippen LogP contribution in [-0.4, -0.2) is 33.0 Å². The Morgan fingerprint density at radius 3 is 2.42 bits per heavy atom. The van der Waals surface area contributed by atoms with Gasteiger partial charge in [-0.25, -0.2) is 8.42 Å². The lowest BCUT2D eigenvalue weighted by Gasteiger charge is -2.18. The van der Waals surface area contributed by atoms with Crippen molar-refractivity contribution in [3.05, 3.63) is 53.6 Å². The van der Waals surface area contributed by atoms with Crippen molar-refractivity contribution in [2.75, 3.05) is 23.0 Å². The lowest BCUT2D eigenvalue weighted by Crippen LogP contribution is -2.28. The lowest BCUT2D eigenvalue weighted by atomic mass is 10.1. The third-order valence-corrected chi connectivity index (χ3v) is 5.64. The van der Waals surface area contributed by atoms with E-state index in [0.29, 0.717) is 16.4 Å². The first-order valence-electron chi connectivity index (χ1n) is 7.91. The molecule has 26 heavy (non-hydrogen) atoms. The standard InChI is InChI=1S/C18H17ClN2O4S/c1-26(24,25)14-8-6-13(7-9-14)20-18(23)12-10-17(22)21(11-12)16-5-3-2-4-15(16)19/h2-9,12H,10-11H2,1H3,(H,20,23)/t12-/m1/s1. The number of amides is 2.